The molecular formula is C24H27BClN5O4. The molecule has 1 fully saturated rings. The number of rotatable bonds is 7. The third-order valence-corrected chi connectivity index (χ3v) is 6.21. The van der Waals surface area contributed by atoms with Crippen LogP contribution >= 0.6 is 11.6 Å². The lowest BCUT2D eigenvalue weighted by molar-refractivity contribution is 0.00578. The highest BCUT2D eigenvalue weighted by Gasteiger charge is 2.52. The Balaban J connectivity index is 1.50. The van der Waals surface area contributed by atoms with Gasteiger partial charge >= 0.3 is 13.2 Å². The summed E-state index contributed by atoms with van der Waals surface area (Å²) in [5, 5.41) is 15.3. The summed E-state index contributed by atoms with van der Waals surface area (Å²) in [6, 6.07) is 12.8. The lowest BCUT2D eigenvalue weighted by Crippen LogP contribution is -2.41. The van der Waals surface area contributed by atoms with Gasteiger partial charge in [0.1, 0.15) is 6.61 Å². The zero-order valence-corrected chi connectivity index (χ0v) is 20.8. The summed E-state index contributed by atoms with van der Waals surface area (Å²) in [7, 11) is -0.659. The lowest BCUT2D eigenvalue weighted by Gasteiger charge is -2.32. The molecule has 1 saturated heterocycles. The number of ether oxygens (including phenoxy) is 1. The van der Waals surface area contributed by atoms with E-state index in [1.54, 1.807) is 29.2 Å². The van der Waals surface area contributed by atoms with Crippen molar-refractivity contribution < 1.29 is 18.8 Å². The van der Waals surface area contributed by atoms with Crippen LogP contribution in [0.1, 0.15) is 38.8 Å². The van der Waals surface area contributed by atoms with Gasteiger partial charge in [0.05, 0.1) is 17.4 Å². The molecule has 2 aromatic heterocycles. The van der Waals surface area contributed by atoms with E-state index in [9.17, 15) is 4.79 Å². The molecule has 0 radical (unpaired) electrons. The molecule has 35 heavy (non-hydrogen) atoms. The van der Waals surface area contributed by atoms with Crippen molar-refractivity contribution in [2.75, 3.05) is 6.54 Å². The van der Waals surface area contributed by atoms with Gasteiger partial charge in [0.2, 0.25) is 0 Å². The van der Waals surface area contributed by atoms with E-state index in [0.29, 0.717) is 16.4 Å². The molecule has 3 aromatic rings. The molecule has 0 atom stereocenters. The minimum Gasteiger partial charge on any atom is -0.445 e. The first-order valence-corrected chi connectivity index (χ1v) is 11.6. The Bertz CT molecular complexity index is 1180. The number of hydrogen-bond donors (Lipinski definition) is 1. The minimum atomic E-state index is -0.659. The molecule has 0 unspecified atom stereocenters. The van der Waals surface area contributed by atoms with E-state index in [-0.39, 0.29) is 13.2 Å². The van der Waals surface area contributed by atoms with Crippen molar-refractivity contribution in [2.45, 2.75) is 45.5 Å². The third-order valence-electron chi connectivity index (χ3n) is 6.01. The van der Waals surface area contributed by atoms with Crippen LogP contribution in [0.25, 0.3) is 11.9 Å². The zero-order valence-electron chi connectivity index (χ0n) is 20.1. The Morgan fingerprint density at radius 1 is 1.11 bits per heavy atom. The van der Waals surface area contributed by atoms with Gasteiger partial charge in [-0.2, -0.15) is 5.10 Å². The maximum Gasteiger partial charge on any atom is 0.492 e. The Morgan fingerprint density at radius 2 is 1.83 bits per heavy atom. The predicted octanol–water partition coefficient (Wildman–Crippen LogP) is 4.26. The Morgan fingerprint density at radius 3 is 2.49 bits per heavy atom. The van der Waals surface area contributed by atoms with Crippen LogP contribution in [-0.2, 0) is 20.7 Å². The normalized spacial score (nSPS) is 16.8. The summed E-state index contributed by atoms with van der Waals surface area (Å²) in [5.74, 6) is 0.522. The molecule has 0 bridgehead atoms. The van der Waals surface area contributed by atoms with Gasteiger partial charge in [0.15, 0.2) is 11.0 Å². The van der Waals surface area contributed by atoms with Crippen LogP contribution in [-0.4, -0.2) is 50.9 Å². The second-order valence-electron chi connectivity index (χ2n) is 9.16. The standard InChI is InChI=1S/C24H27BClN5O4/c1-23(2)24(3,4)35-25(34-23)19(14-27-22(32)33-16-17-8-6-5-7-9-17)12-18-13-28-31(15-18)21-11-10-20(26)29-30-21/h5-13,15H,14,16H2,1-4H3,(H,27,32). The molecule has 0 saturated carbocycles. The number of carbonyl (C=O) groups excluding carboxylic acids is 1. The number of nitrogens with one attached hydrogen (secondary N) is 1. The number of carbonyl (C=O) groups is 1. The van der Waals surface area contributed by atoms with Gasteiger partial charge < -0.3 is 19.4 Å². The minimum absolute atomic E-state index is 0.163. The summed E-state index contributed by atoms with van der Waals surface area (Å²) >= 11 is 5.82. The fourth-order valence-corrected chi connectivity index (χ4v) is 3.43. The monoisotopic (exact) mass is 495 g/mol. The van der Waals surface area contributed by atoms with Crippen molar-refractivity contribution in [2.24, 2.45) is 0 Å². The zero-order chi connectivity index (χ0) is 25.1. The maximum absolute atomic E-state index is 12.4. The molecule has 11 heteroatoms. The first-order valence-electron chi connectivity index (χ1n) is 11.2. The van der Waals surface area contributed by atoms with E-state index in [2.05, 4.69) is 20.6 Å². The van der Waals surface area contributed by atoms with Gasteiger partial charge in [0, 0.05) is 18.3 Å². The molecule has 3 heterocycles. The fraction of sp³-hybridized carbons (Fsp3) is 0.333. The van der Waals surface area contributed by atoms with Crippen LogP contribution in [0.5, 0.6) is 0 Å². The van der Waals surface area contributed by atoms with Gasteiger partial charge in [-0.25, -0.2) is 9.48 Å². The second kappa shape index (κ2) is 10.2. The van der Waals surface area contributed by atoms with Crippen molar-refractivity contribution in [3.05, 3.63) is 76.6 Å². The summed E-state index contributed by atoms with van der Waals surface area (Å²) in [6.45, 7) is 8.24. The first kappa shape index (κ1) is 24.9. The molecule has 1 aliphatic heterocycles. The lowest BCUT2D eigenvalue weighted by atomic mass is 9.77. The Hall–Kier alpha value is -3.21. The van der Waals surface area contributed by atoms with Gasteiger partial charge in [0.25, 0.3) is 0 Å². The highest BCUT2D eigenvalue weighted by Crippen LogP contribution is 2.38. The van der Waals surface area contributed by atoms with Crippen molar-refractivity contribution in [1.82, 2.24) is 25.3 Å². The quantitative estimate of drug-likeness (QED) is 0.489. The molecule has 1 aromatic carbocycles. The third kappa shape index (κ3) is 6.08. The average Bonchev–Trinajstić information content (AvgIpc) is 3.37. The topological polar surface area (TPSA) is 100 Å². The molecular weight excluding hydrogens is 469 g/mol. The van der Waals surface area contributed by atoms with E-state index in [1.165, 1.54) is 0 Å². The Kier molecular flexibility index (Phi) is 7.25. The number of halogens is 1. The fourth-order valence-electron chi connectivity index (χ4n) is 3.33. The molecule has 1 amide bonds. The van der Waals surface area contributed by atoms with Crippen molar-refractivity contribution in [3.8, 4) is 5.82 Å². The summed E-state index contributed by atoms with van der Waals surface area (Å²) in [6.07, 6.45) is 4.79. The van der Waals surface area contributed by atoms with Crippen LogP contribution in [0.2, 0.25) is 5.15 Å². The summed E-state index contributed by atoms with van der Waals surface area (Å²) in [5.41, 5.74) is 1.32. The van der Waals surface area contributed by atoms with E-state index in [1.807, 2.05) is 64.1 Å². The molecule has 1 aliphatic rings. The van der Waals surface area contributed by atoms with E-state index in [4.69, 9.17) is 25.6 Å². The van der Waals surface area contributed by atoms with Crippen LogP contribution in [0.15, 0.2) is 60.3 Å². The highest BCUT2D eigenvalue weighted by molar-refractivity contribution is 6.56. The van der Waals surface area contributed by atoms with E-state index >= 15 is 0 Å². The SMILES string of the molecule is CC1(C)OB(C(=Cc2cnn(-c3ccc(Cl)nn3)c2)CNC(=O)OCc2ccccc2)OC1(C)C. The van der Waals surface area contributed by atoms with Crippen molar-refractivity contribution >= 4 is 30.9 Å². The Labute approximate surface area is 209 Å². The molecule has 182 valence electrons. The first-order chi connectivity index (χ1) is 16.6. The molecule has 4 rings (SSSR count). The van der Waals surface area contributed by atoms with Crippen LogP contribution in [0, 0.1) is 0 Å². The smallest absolute Gasteiger partial charge is 0.445 e. The van der Waals surface area contributed by atoms with Gasteiger partial charge in [-0.1, -0.05) is 48.0 Å². The largest absolute Gasteiger partial charge is 0.492 e. The number of alkyl carbamates (subject to hydrolysis) is 1. The molecule has 9 nitrogen and oxygen atoms in total. The van der Waals surface area contributed by atoms with Gasteiger partial charge in [-0.15, -0.1) is 10.2 Å². The number of benzene rings is 1. The highest BCUT2D eigenvalue weighted by atomic mass is 35.5. The van der Waals surface area contributed by atoms with Gasteiger partial charge in [-0.05, 0) is 50.9 Å². The second-order valence-corrected chi connectivity index (χ2v) is 9.54. The summed E-state index contributed by atoms with van der Waals surface area (Å²) in [4.78, 5) is 12.4. The van der Waals surface area contributed by atoms with Crippen molar-refractivity contribution in [1.29, 1.82) is 0 Å². The van der Waals surface area contributed by atoms with Gasteiger partial charge in [-0.3, -0.25) is 0 Å². The maximum atomic E-state index is 12.4. The number of aromatic nitrogens is 4. The summed E-state index contributed by atoms with van der Waals surface area (Å²) < 4.78 is 19.4. The van der Waals surface area contributed by atoms with Crippen LogP contribution in [0.4, 0.5) is 4.79 Å². The number of amides is 1. The number of hydrogen-bond acceptors (Lipinski definition) is 7. The van der Waals surface area contributed by atoms with Crippen LogP contribution < -0.4 is 5.32 Å². The van der Waals surface area contributed by atoms with E-state index in [0.717, 1.165) is 11.1 Å². The number of nitrogens with zero attached hydrogens (tertiary/aromatic N) is 4. The van der Waals surface area contributed by atoms with Crippen LogP contribution in [0.3, 0.4) is 0 Å². The molecule has 0 aliphatic carbocycles. The molecule has 0 spiro atoms. The predicted molar refractivity (Wildman–Crippen MR) is 133 cm³/mol. The van der Waals surface area contributed by atoms with Crippen molar-refractivity contribution in [3.63, 3.8) is 0 Å². The molecule has 1 N–H and O–H groups in total. The average molecular weight is 496 g/mol. The van der Waals surface area contributed by atoms with E-state index < -0.39 is 24.4 Å².